The van der Waals surface area contributed by atoms with Crippen molar-refractivity contribution in [1.29, 1.82) is 0 Å². The Hall–Kier alpha value is -1.51. The van der Waals surface area contributed by atoms with Gasteiger partial charge in [-0.15, -0.1) is 0 Å². The Morgan fingerprint density at radius 1 is 1.16 bits per heavy atom. The van der Waals surface area contributed by atoms with Gasteiger partial charge < -0.3 is 11.1 Å². The van der Waals surface area contributed by atoms with Crippen LogP contribution in [0.15, 0.2) is 18.2 Å². The van der Waals surface area contributed by atoms with E-state index in [2.05, 4.69) is 5.32 Å². The van der Waals surface area contributed by atoms with Crippen molar-refractivity contribution in [3.63, 3.8) is 0 Å². The van der Waals surface area contributed by atoms with Crippen molar-refractivity contribution in [1.82, 2.24) is 0 Å². The average molecular weight is 260 g/mol. The zero-order valence-electron chi connectivity index (χ0n) is 11.7. The molecule has 0 atom stereocenters. The molecule has 2 rings (SSSR count). The highest BCUT2D eigenvalue weighted by Crippen LogP contribution is 2.24. The van der Waals surface area contributed by atoms with Crippen molar-refractivity contribution in [2.24, 2.45) is 5.73 Å². The molecular weight excluding hydrogens is 236 g/mol. The van der Waals surface area contributed by atoms with Gasteiger partial charge in [-0.05, 0) is 37.5 Å². The first-order valence-electron chi connectivity index (χ1n) is 7.34. The molecule has 1 fully saturated rings. The van der Waals surface area contributed by atoms with E-state index in [1.54, 1.807) is 6.07 Å². The highest BCUT2D eigenvalue weighted by molar-refractivity contribution is 5.95. The molecule has 19 heavy (non-hydrogen) atoms. The standard InChI is InChI=1S/C16H24N2O/c1-12-14(16(17)19)10-7-11-15(12)18-13-8-5-3-2-4-6-9-13/h7,10-11,13,18H,2-6,8-9H2,1H3,(H2,17,19). The summed E-state index contributed by atoms with van der Waals surface area (Å²) in [5.74, 6) is -0.348. The molecular formula is C16H24N2O. The van der Waals surface area contributed by atoms with E-state index in [9.17, 15) is 4.79 Å². The Morgan fingerprint density at radius 3 is 2.42 bits per heavy atom. The van der Waals surface area contributed by atoms with Gasteiger partial charge in [-0.3, -0.25) is 4.79 Å². The minimum Gasteiger partial charge on any atom is -0.382 e. The molecule has 3 nitrogen and oxygen atoms in total. The van der Waals surface area contributed by atoms with Crippen LogP contribution in [-0.4, -0.2) is 11.9 Å². The molecule has 0 heterocycles. The Kier molecular flexibility index (Phi) is 4.83. The molecule has 0 aromatic heterocycles. The molecule has 0 saturated heterocycles. The van der Waals surface area contributed by atoms with Crippen LogP contribution < -0.4 is 11.1 Å². The van der Waals surface area contributed by atoms with E-state index in [-0.39, 0.29) is 5.91 Å². The fourth-order valence-electron chi connectivity index (χ4n) is 2.88. The van der Waals surface area contributed by atoms with Crippen LogP contribution in [0.4, 0.5) is 5.69 Å². The highest BCUT2D eigenvalue weighted by atomic mass is 16.1. The zero-order chi connectivity index (χ0) is 13.7. The Morgan fingerprint density at radius 2 is 1.79 bits per heavy atom. The summed E-state index contributed by atoms with van der Waals surface area (Å²) in [6.45, 7) is 1.96. The lowest BCUT2D eigenvalue weighted by Gasteiger charge is -2.23. The number of hydrogen-bond donors (Lipinski definition) is 2. The van der Waals surface area contributed by atoms with E-state index in [0.717, 1.165) is 11.3 Å². The third-order valence-electron chi connectivity index (χ3n) is 4.06. The van der Waals surface area contributed by atoms with Crippen LogP contribution in [0.2, 0.25) is 0 Å². The quantitative estimate of drug-likeness (QED) is 0.872. The summed E-state index contributed by atoms with van der Waals surface area (Å²) >= 11 is 0. The molecule has 1 aliphatic carbocycles. The van der Waals surface area contributed by atoms with Crippen molar-refractivity contribution in [2.45, 2.75) is 57.9 Å². The van der Waals surface area contributed by atoms with Gasteiger partial charge in [0.2, 0.25) is 5.91 Å². The van der Waals surface area contributed by atoms with Gasteiger partial charge in [-0.1, -0.05) is 38.2 Å². The maximum atomic E-state index is 11.4. The number of benzene rings is 1. The van der Waals surface area contributed by atoms with Crippen LogP contribution in [0.1, 0.15) is 60.9 Å². The summed E-state index contributed by atoms with van der Waals surface area (Å²) < 4.78 is 0. The lowest BCUT2D eigenvalue weighted by molar-refractivity contribution is 0.1000. The van der Waals surface area contributed by atoms with E-state index in [4.69, 9.17) is 5.73 Å². The monoisotopic (exact) mass is 260 g/mol. The largest absolute Gasteiger partial charge is 0.382 e. The molecule has 3 heteroatoms. The topological polar surface area (TPSA) is 55.1 Å². The summed E-state index contributed by atoms with van der Waals surface area (Å²) in [5, 5.41) is 3.60. The van der Waals surface area contributed by atoms with Crippen LogP contribution >= 0.6 is 0 Å². The fraction of sp³-hybridized carbons (Fsp3) is 0.562. The minimum absolute atomic E-state index is 0.348. The highest BCUT2D eigenvalue weighted by Gasteiger charge is 2.14. The SMILES string of the molecule is Cc1c(NC2CCCCCCC2)cccc1C(N)=O. The molecule has 104 valence electrons. The van der Waals surface area contributed by atoms with Crippen molar-refractivity contribution < 1.29 is 4.79 Å². The van der Waals surface area contributed by atoms with E-state index < -0.39 is 0 Å². The van der Waals surface area contributed by atoms with Gasteiger partial charge in [-0.25, -0.2) is 0 Å². The van der Waals surface area contributed by atoms with Gasteiger partial charge in [0.15, 0.2) is 0 Å². The molecule has 1 aromatic rings. The number of hydrogen-bond acceptors (Lipinski definition) is 2. The number of amides is 1. The molecule has 1 aliphatic rings. The Labute approximate surface area is 115 Å². The predicted octanol–water partition coefficient (Wildman–Crippen LogP) is 3.62. The first-order valence-corrected chi connectivity index (χ1v) is 7.34. The zero-order valence-corrected chi connectivity index (χ0v) is 11.7. The number of nitrogens with one attached hydrogen (secondary N) is 1. The molecule has 3 N–H and O–H groups in total. The summed E-state index contributed by atoms with van der Waals surface area (Å²) in [5.41, 5.74) is 8.04. The second-order valence-corrected chi connectivity index (χ2v) is 5.53. The third-order valence-corrected chi connectivity index (χ3v) is 4.06. The molecule has 0 bridgehead atoms. The van der Waals surface area contributed by atoms with Crippen LogP contribution in [-0.2, 0) is 0 Å². The summed E-state index contributed by atoms with van der Waals surface area (Å²) in [6.07, 6.45) is 9.11. The molecule has 1 amide bonds. The number of nitrogens with two attached hydrogens (primary N) is 1. The molecule has 1 aromatic carbocycles. The first kappa shape index (κ1) is 13.9. The van der Waals surface area contributed by atoms with Gasteiger partial charge in [0.05, 0.1) is 0 Å². The fourth-order valence-corrected chi connectivity index (χ4v) is 2.88. The number of primary amides is 1. The van der Waals surface area contributed by atoms with Crippen molar-refractivity contribution in [3.05, 3.63) is 29.3 Å². The lowest BCUT2D eigenvalue weighted by Crippen LogP contribution is -2.22. The van der Waals surface area contributed by atoms with Crippen LogP contribution in [0.25, 0.3) is 0 Å². The van der Waals surface area contributed by atoms with Crippen molar-refractivity contribution in [3.8, 4) is 0 Å². The molecule has 1 saturated carbocycles. The normalized spacial score (nSPS) is 17.5. The number of carbonyl (C=O) groups excluding carboxylic acids is 1. The van der Waals surface area contributed by atoms with Crippen LogP contribution in [0.3, 0.4) is 0 Å². The molecule has 0 spiro atoms. The van der Waals surface area contributed by atoms with E-state index in [0.29, 0.717) is 11.6 Å². The summed E-state index contributed by atoms with van der Waals surface area (Å²) in [4.78, 5) is 11.4. The van der Waals surface area contributed by atoms with Gasteiger partial charge in [-0.2, -0.15) is 0 Å². The van der Waals surface area contributed by atoms with Crippen molar-refractivity contribution in [2.75, 3.05) is 5.32 Å². The number of carbonyl (C=O) groups is 1. The summed E-state index contributed by atoms with van der Waals surface area (Å²) in [7, 11) is 0. The molecule has 0 unspecified atom stereocenters. The van der Waals surface area contributed by atoms with E-state index in [1.165, 1.54) is 44.9 Å². The average Bonchev–Trinajstić information content (AvgIpc) is 2.34. The van der Waals surface area contributed by atoms with Gasteiger partial charge in [0.1, 0.15) is 0 Å². The molecule has 0 radical (unpaired) electrons. The van der Waals surface area contributed by atoms with Gasteiger partial charge in [0.25, 0.3) is 0 Å². The van der Waals surface area contributed by atoms with E-state index in [1.807, 2.05) is 19.1 Å². The van der Waals surface area contributed by atoms with Gasteiger partial charge in [0, 0.05) is 17.3 Å². The molecule has 0 aliphatic heterocycles. The second kappa shape index (κ2) is 6.60. The smallest absolute Gasteiger partial charge is 0.249 e. The third kappa shape index (κ3) is 3.72. The van der Waals surface area contributed by atoms with Crippen LogP contribution in [0, 0.1) is 6.92 Å². The maximum Gasteiger partial charge on any atom is 0.249 e. The van der Waals surface area contributed by atoms with Crippen molar-refractivity contribution >= 4 is 11.6 Å². The number of rotatable bonds is 3. The Balaban J connectivity index is 2.09. The maximum absolute atomic E-state index is 11.4. The second-order valence-electron chi connectivity index (χ2n) is 5.53. The first-order chi connectivity index (χ1) is 9.18. The van der Waals surface area contributed by atoms with Crippen LogP contribution in [0.5, 0.6) is 0 Å². The summed E-state index contributed by atoms with van der Waals surface area (Å²) in [6, 6.07) is 6.27. The van der Waals surface area contributed by atoms with E-state index >= 15 is 0 Å². The van der Waals surface area contributed by atoms with Gasteiger partial charge >= 0.3 is 0 Å². The predicted molar refractivity (Wildman–Crippen MR) is 79.4 cm³/mol. The number of anilines is 1. The Bertz CT molecular complexity index is 434. The minimum atomic E-state index is -0.348. The lowest BCUT2D eigenvalue weighted by atomic mass is 9.96.